The molecule has 3 aliphatic rings. The Bertz CT molecular complexity index is 1810. The van der Waals surface area contributed by atoms with Crippen molar-refractivity contribution in [2.45, 2.75) is 44.3 Å². The fourth-order valence-corrected chi connectivity index (χ4v) is 7.27. The Kier molecular flexibility index (Phi) is 4.95. The van der Waals surface area contributed by atoms with Crippen LogP contribution in [-0.2, 0) is 14.7 Å². The van der Waals surface area contributed by atoms with Crippen LogP contribution in [0.1, 0.15) is 49.9 Å². The molecule has 5 aromatic carbocycles. The third-order valence-electron chi connectivity index (χ3n) is 9.96. The number of nitrogen functional groups attached to an aromatic ring is 1. The van der Waals surface area contributed by atoms with E-state index in [4.69, 9.17) is 15.0 Å². The molecule has 5 aromatic rings. The molecule has 0 aromatic heterocycles. The van der Waals surface area contributed by atoms with Gasteiger partial charge >= 0.3 is 7.12 Å². The van der Waals surface area contributed by atoms with Crippen molar-refractivity contribution in [3.05, 3.63) is 131 Å². The summed E-state index contributed by atoms with van der Waals surface area (Å²) in [5.74, 6) is 0. The van der Waals surface area contributed by atoms with Crippen molar-refractivity contribution < 1.29 is 9.31 Å². The first-order chi connectivity index (χ1) is 19.7. The zero-order valence-electron chi connectivity index (χ0n) is 23.9. The van der Waals surface area contributed by atoms with Gasteiger partial charge in [-0.2, -0.15) is 0 Å². The highest BCUT2D eigenvalue weighted by molar-refractivity contribution is 6.64. The van der Waals surface area contributed by atoms with Gasteiger partial charge in [0.2, 0.25) is 0 Å². The molecule has 1 heterocycles. The van der Waals surface area contributed by atoms with Gasteiger partial charge in [0.1, 0.15) is 0 Å². The Morgan fingerprint density at radius 1 is 0.512 bits per heavy atom. The second-order valence-corrected chi connectivity index (χ2v) is 12.5. The Labute approximate surface area is 242 Å². The van der Waals surface area contributed by atoms with Gasteiger partial charge in [0.25, 0.3) is 0 Å². The molecule has 1 saturated heterocycles. The van der Waals surface area contributed by atoms with E-state index in [0.717, 1.165) is 16.6 Å². The third-order valence-corrected chi connectivity index (χ3v) is 9.96. The minimum absolute atomic E-state index is 0.382. The number of nitrogens with two attached hydrogens (primary N) is 1. The highest BCUT2D eigenvalue weighted by Gasteiger charge is 2.53. The Hall–Kier alpha value is -4.12. The summed E-state index contributed by atoms with van der Waals surface area (Å²) in [5, 5.41) is 0. The van der Waals surface area contributed by atoms with Gasteiger partial charge in [-0.25, -0.2) is 0 Å². The van der Waals surface area contributed by atoms with E-state index in [1.807, 2.05) is 6.07 Å². The van der Waals surface area contributed by atoms with Crippen LogP contribution in [0.5, 0.6) is 0 Å². The van der Waals surface area contributed by atoms with Gasteiger partial charge in [-0.1, -0.05) is 103 Å². The summed E-state index contributed by atoms with van der Waals surface area (Å²) in [5.41, 5.74) is 19.8. The fraction of sp³-hybridized carbons (Fsp3) is 0.189. The number of hydrogen-bond acceptors (Lipinski definition) is 3. The molecule has 0 bridgehead atoms. The maximum atomic E-state index is 6.94. The zero-order chi connectivity index (χ0) is 28.1. The van der Waals surface area contributed by atoms with Gasteiger partial charge in [-0.3, -0.25) is 0 Å². The first kappa shape index (κ1) is 24.7. The first-order valence-electron chi connectivity index (χ1n) is 14.4. The van der Waals surface area contributed by atoms with Gasteiger partial charge in [0, 0.05) is 16.7 Å². The molecule has 1 aliphatic heterocycles. The smallest absolute Gasteiger partial charge is 0.399 e. The highest BCUT2D eigenvalue weighted by Crippen LogP contribution is 2.63. The molecule has 0 radical (unpaired) electrons. The lowest BCUT2D eigenvalue weighted by Gasteiger charge is -2.32. The van der Waals surface area contributed by atoms with Crippen LogP contribution < -0.4 is 11.2 Å². The predicted octanol–water partition coefficient (Wildman–Crippen LogP) is 7.58. The molecule has 3 nitrogen and oxygen atoms in total. The molecule has 0 saturated carbocycles. The summed E-state index contributed by atoms with van der Waals surface area (Å²) in [6.45, 7) is 8.29. The lowest BCUT2D eigenvalue weighted by molar-refractivity contribution is 0.00578. The normalized spacial score (nSPS) is 18.2. The second-order valence-electron chi connectivity index (χ2n) is 12.5. The van der Waals surface area contributed by atoms with Crippen molar-refractivity contribution in [2.75, 3.05) is 5.73 Å². The van der Waals surface area contributed by atoms with Gasteiger partial charge < -0.3 is 15.0 Å². The molecule has 8 rings (SSSR count). The summed E-state index contributed by atoms with van der Waals surface area (Å²) in [6, 6.07) is 39.7. The fourth-order valence-electron chi connectivity index (χ4n) is 7.27. The van der Waals surface area contributed by atoms with Crippen LogP contribution in [0.2, 0.25) is 0 Å². The van der Waals surface area contributed by atoms with Crippen LogP contribution in [0.3, 0.4) is 0 Å². The molecule has 0 atom stereocenters. The van der Waals surface area contributed by atoms with Crippen LogP contribution in [0.4, 0.5) is 5.69 Å². The van der Waals surface area contributed by atoms with E-state index in [1.54, 1.807) is 0 Å². The SMILES string of the molecule is CC1(C)OB(c2cccc(-c3ccc4c(c3)C3(c5ccccc5-c5ccccc53)c3ccccc3-4)c2N)OC1(C)C. The molecular formula is C37H32BNO2. The van der Waals surface area contributed by atoms with E-state index in [-0.39, 0.29) is 5.41 Å². The average Bonchev–Trinajstić information content (AvgIpc) is 3.52. The molecule has 1 spiro atoms. The van der Waals surface area contributed by atoms with E-state index in [9.17, 15) is 0 Å². The Morgan fingerprint density at radius 3 is 1.51 bits per heavy atom. The van der Waals surface area contributed by atoms with Crippen molar-refractivity contribution >= 4 is 18.3 Å². The van der Waals surface area contributed by atoms with Crippen LogP contribution in [0, 0.1) is 0 Å². The van der Waals surface area contributed by atoms with Gasteiger partial charge in [-0.05, 0) is 83.8 Å². The lowest BCUT2D eigenvalue weighted by Crippen LogP contribution is -2.41. The van der Waals surface area contributed by atoms with Crippen LogP contribution >= 0.6 is 0 Å². The minimum Gasteiger partial charge on any atom is -0.399 e. The lowest BCUT2D eigenvalue weighted by atomic mass is 9.70. The monoisotopic (exact) mass is 533 g/mol. The maximum absolute atomic E-state index is 6.94. The highest BCUT2D eigenvalue weighted by atomic mass is 16.7. The van der Waals surface area contributed by atoms with E-state index < -0.39 is 18.3 Å². The summed E-state index contributed by atoms with van der Waals surface area (Å²) in [6.07, 6.45) is 0. The summed E-state index contributed by atoms with van der Waals surface area (Å²) in [4.78, 5) is 0. The topological polar surface area (TPSA) is 44.5 Å². The Balaban J connectivity index is 1.35. The predicted molar refractivity (Wildman–Crippen MR) is 168 cm³/mol. The first-order valence-corrected chi connectivity index (χ1v) is 14.4. The van der Waals surface area contributed by atoms with Crippen LogP contribution in [0.15, 0.2) is 109 Å². The van der Waals surface area contributed by atoms with Crippen molar-refractivity contribution in [3.63, 3.8) is 0 Å². The van der Waals surface area contributed by atoms with Crippen molar-refractivity contribution in [2.24, 2.45) is 0 Å². The van der Waals surface area contributed by atoms with Gasteiger partial charge in [0.05, 0.1) is 16.6 Å². The van der Waals surface area contributed by atoms with Crippen molar-refractivity contribution in [1.29, 1.82) is 0 Å². The number of rotatable bonds is 2. The summed E-state index contributed by atoms with van der Waals surface area (Å²) < 4.78 is 12.8. The number of hydrogen-bond donors (Lipinski definition) is 1. The minimum atomic E-state index is -0.515. The van der Waals surface area contributed by atoms with E-state index in [1.165, 1.54) is 44.5 Å². The number of fused-ring (bicyclic) bond motifs is 10. The second kappa shape index (κ2) is 8.22. The molecule has 1 fully saturated rings. The Morgan fingerprint density at radius 2 is 0.976 bits per heavy atom. The maximum Gasteiger partial charge on any atom is 0.496 e. The van der Waals surface area contributed by atoms with Gasteiger partial charge in [0.15, 0.2) is 0 Å². The van der Waals surface area contributed by atoms with E-state index in [0.29, 0.717) is 5.69 Å². The summed E-state index contributed by atoms with van der Waals surface area (Å²) >= 11 is 0. The summed E-state index contributed by atoms with van der Waals surface area (Å²) in [7, 11) is -0.515. The molecule has 0 amide bonds. The number of anilines is 1. The molecule has 200 valence electrons. The molecular weight excluding hydrogens is 501 g/mol. The third kappa shape index (κ3) is 3.12. The van der Waals surface area contributed by atoms with E-state index in [2.05, 4.69) is 131 Å². The van der Waals surface area contributed by atoms with Gasteiger partial charge in [-0.15, -0.1) is 0 Å². The molecule has 0 unspecified atom stereocenters. The quantitative estimate of drug-likeness (QED) is 0.184. The van der Waals surface area contributed by atoms with Crippen molar-refractivity contribution in [1.82, 2.24) is 0 Å². The van der Waals surface area contributed by atoms with Crippen LogP contribution in [-0.4, -0.2) is 18.3 Å². The zero-order valence-corrected chi connectivity index (χ0v) is 23.9. The van der Waals surface area contributed by atoms with Crippen molar-refractivity contribution in [3.8, 4) is 33.4 Å². The number of para-hydroxylation sites is 1. The molecule has 41 heavy (non-hydrogen) atoms. The molecule has 2 N–H and O–H groups in total. The molecule has 4 heteroatoms. The molecule has 2 aliphatic carbocycles. The number of benzene rings is 5. The standard InChI is InChI=1S/C37H32BNO2/c1-35(2)36(3,4)41-38(40-35)33-19-11-15-24(34(33)39)23-20-21-28-27-14-7-10-18-31(27)37(32(28)22-23)29-16-8-5-12-25(29)26-13-6-9-17-30(26)37/h5-22H,39H2,1-4H3. The largest absolute Gasteiger partial charge is 0.496 e. The average molecular weight is 533 g/mol. The van der Waals surface area contributed by atoms with Crippen LogP contribution in [0.25, 0.3) is 33.4 Å². The van der Waals surface area contributed by atoms with E-state index >= 15 is 0 Å².